The SMILES string of the molecule is COc1cc(C=O)ccc1OCC(=O)[O-]. The molecular formula is C10H9O5-. The van der Waals surface area contributed by atoms with Gasteiger partial charge in [-0.2, -0.15) is 0 Å². The van der Waals surface area contributed by atoms with Crippen molar-refractivity contribution in [2.45, 2.75) is 0 Å². The van der Waals surface area contributed by atoms with Crippen LogP contribution in [0.25, 0.3) is 0 Å². The number of aldehydes is 1. The predicted molar refractivity (Wildman–Crippen MR) is 48.9 cm³/mol. The fraction of sp³-hybridized carbons (Fsp3) is 0.200. The van der Waals surface area contributed by atoms with Gasteiger partial charge in [-0.05, 0) is 18.2 Å². The third-order valence-electron chi connectivity index (χ3n) is 1.67. The summed E-state index contributed by atoms with van der Waals surface area (Å²) in [6, 6.07) is 4.42. The second-order valence-electron chi connectivity index (χ2n) is 2.69. The van der Waals surface area contributed by atoms with E-state index in [0.29, 0.717) is 17.6 Å². The van der Waals surface area contributed by atoms with Gasteiger partial charge in [0.05, 0.1) is 13.1 Å². The van der Waals surface area contributed by atoms with Crippen molar-refractivity contribution in [3.63, 3.8) is 0 Å². The molecule has 15 heavy (non-hydrogen) atoms. The van der Waals surface area contributed by atoms with E-state index in [0.717, 1.165) is 0 Å². The smallest absolute Gasteiger partial charge is 0.161 e. The van der Waals surface area contributed by atoms with Crippen molar-refractivity contribution in [2.75, 3.05) is 13.7 Å². The Labute approximate surface area is 86.2 Å². The third-order valence-corrected chi connectivity index (χ3v) is 1.67. The fourth-order valence-corrected chi connectivity index (χ4v) is 1.01. The highest BCUT2D eigenvalue weighted by Gasteiger charge is 2.05. The minimum Gasteiger partial charge on any atom is -0.546 e. The van der Waals surface area contributed by atoms with Crippen LogP contribution in [-0.4, -0.2) is 26.0 Å². The van der Waals surface area contributed by atoms with Gasteiger partial charge in [0.25, 0.3) is 0 Å². The van der Waals surface area contributed by atoms with Gasteiger partial charge in [0.1, 0.15) is 12.9 Å². The van der Waals surface area contributed by atoms with E-state index in [1.807, 2.05) is 0 Å². The second-order valence-corrected chi connectivity index (χ2v) is 2.69. The van der Waals surface area contributed by atoms with Crippen LogP contribution in [0.3, 0.4) is 0 Å². The van der Waals surface area contributed by atoms with Crippen LogP contribution in [0, 0.1) is 0 Å². The van der Waals surface area contributed by atoms with Gasteiger partial charge >= 0.3 is 0 Å². The first kappa shape index (κ1) is 11.0. The molecule has 1 rings (SSSR count). The molecule has 1 aromatic carbocycles. The number of hydrogen-bond acceptors (Lipinski definition) is 5. The summed E-state index contributed by atoms with van der Waals surface area (Å²) in [6.07, 6.45) is 0.658. The number of ether oxygens (including phenoxy) is 2. The predicted octanol–water partition coefficient (Wildman–Crippen LogP) is -0.364. The fourth-order valence-electron chi connectivity index (χ4n) is 1.01. The zero-order chi connectivity index (χ0) is 11.3. The van der Waals surface area contributed by atoms with Crippen LogP contribution in [0.5, 0.6) is 11.5 Å². The van der Waals surface area contributed by atoms with Crippen molar-refractivity contribution in [2.24, 2.45) is 0 Å². The lowest BCUT2D eigenvalue weighted by Gasteiger charge is -2.10. The maximum atomic E-state index is 10.5. The van der Waals surface area contributed by atoms with E-state index < -0.39 is 12.6 Å². The minimum absolute atomic E-state index is 0.257. The Morgan fingerprint density at radius 3 is 2.73 bits per heavy atom. The number of carbonyl (C=O) groups is 2. The molecule has 5 heteroatoms. The van der Waals surface area contributed by atoms with Crippen molar-refractivity contribution in [3.05, 3.63) is 23.8 Å². The Hall–Kier alpha value is -2.04. The average Bonchev–Trinajstić information content (AvgIpc) is 2.25. The molecule has 0 amide bonds. The molecule has 0 bridgehead atoms. The zero-order valence-corrected chi connectivity index (χ0v) is 8.06. The molecule has 0 saturated heterocycles. The molecule has 0 saturated carbocycles. The first-order valence-corrected chi connectivity index (χ1v) is 4.13. The molecular weight excluding hydrogens is 200 g/mol. The van der Waals surface area contributed by atoms with Gasteiger partial charge in [0.2, 0.25) is 0 Å². The summed E-state index contributed by atoms with van der Waals surface area (Å²) < 4.78 is 9.81. The van der Waals surface area contributed by atoms with Crippen LogP contribution >= 0.6 is 0 Å². The molecule has 1 aromatic rings. The van der Waals surface area contributed by atoms with E-state index in [2.05, 4.69) is 0 Å². The molecule has 0 fully saturated rings. The van der Waals surface area contributed by atoms with Crippen molar-refractivity contribution >= 4 is 12.3 Å². The second kappa shape index (κ2) is 4.99. The Bertz CT molecular complexity index is 372. The molecule has 0 atom stereocenters. The summed E-state index contributed by atoms with van der Waals surface area (Å²) >= 11 is 0. The normalized spacial score (nSPS) is 9.40. The molecule has 0 aliphatic carbocycles. The molecule has 0 radical (unpaired) electrons. The van der Waals surface area contributed by atoms with Crippen molar-refractivity contribution < 1.29 is 24.2 Å². The number of methoxy groups -OCH3 is 1. The number of hydrogen-bond donors (Lipinski definition) is 0. The topological polar surface area (TPSA) is 75.7 Å². The van der Waals surface area contributed by atoms with Gasteiger partial charge in [0.15, 0.2) is 11.5 Å². The van der Waals surface area contributed by atoms with Crippen LogP contribution < -0.4 is 14.6 Å². The number of aliphatic carboxylic acids is 1. The Morgan fingerprint density at radius 1 is 1.47 bits per heavy atom. The van der Waals surface area contributed by atoms with E-state index in [-0.39, 0.29) is 5.75 Å². The quantitative estimate of drug-likeness (QED) is 0.619. The summed E-state index contributed by atoms with van der Waals surface area (Å²) in [7, 11) is 1.40. The number of carboxylic acid groups (broad SMARTS) is 1. The van der Waals surface area contributed by atoms with Crippen molar-refractivity contribution in [1.29, 1.82) is 0 Å². The first-order valence-electron chi connectivity index (χ1n) is 4.13. The van der Waals surface area contributed by atoms with Crippen LogP contribution in [0.2, 0.25) is 0 Å². The molecule has 0 unspecified atom stereocenters. The van der Waals surface area contributed by atoms with E-state index >= 15 is 0 Å². The lowest BCUT2D eigenvalue weighted by molar-refractivity contribution is -0.307. The van der Waals surface area contributed by atoms with E-state index in [9.17, 15) is 14.7 Å². The lowest BCUT2D eigenvalue weighted by Crippen LogP contribution is -2.29. The maximum Gasteiger partial charge on any atom is 0.161 e. The number of carboxylic acids is 1. The van der Waals surface area contributed by atoms with Crippen molar-refractivity contribution in [3.8, 4) is 11.5 Å². The van der Waals surface area contributed by atoms with Crippen molar-refractivity contribution in [1.82, 2.24) is 0 Å². The largest absolute Gasteiger partial charge is 0.546 e. The highest BCUT2D eigenvalue weighted by atomic mass is 16.5. The van der Waals surface area contributed by atoms with E-state index in [1.165, 1.54) is 25.3 Å². The summed E-state index contributed by atoms with van der Waals surface area (Å²) in [6.45, 7) is -0.559. The van der Waals surface area contributed by atoms with E-state index in [1.54, 1.807) is 0 Å². The number of benzene rings is 1. The Kier molecular flexibility index (Phi) is 3.68. The van der Waals surface area contributed by atoms with Gasteiger partial charge in [0, 0.05) is 5.56 Å². The van der Waals surface area contributed by atoms with Gasteiger partial charge in [-0.25, -0.2) is 0 Å². The van der Waals surface area contributed by atoms with Gasteiger partial charge in [-0.15, -0.1) is 0 Å². The molecule has 0 N–H and O–H groups in total. The van der Waals surface area contributed by atoms with Crippen LogP contribution in [0.1, 0.15) is 10.4 Å². The summed E-state index contributed by atoms with van der Waals surface area (Å²) in [4.78, 5) is 20.6. The molecule has 0 aliphatic rings. The van der Waals surface area contributed by atoms with Gasteiger partial charge in [-0.3, -0.25) is 4.79 Å². The monoisotopic (exact) mass is 209 g/mol. The molecule has 0 spiro atoms. The standard InChI is InChI=1S/C10H10O5/c1-14-9-4-7(5-11)2-3-8(9)15-6-10(12)13/h2-5H,6H2,1H3,(H,12,13)/p-1. The zero-order valence-electron chi connectivity index (χ0n) is 8.06. The number of rotatable bonds is 5. The summed E-state index contributed by atoms with van der Waals surface area (Å²) in [5.74, 6) is -0.760. The third kappa shape index (κ3) is 2.98. The van der Waals surface area contributed by atoms with E-state index in [4.69, 9.17) is 9.47 Å². The van der Waals surface area contributed by atoms with Gasteiger partial charge < -0.3 is 19.4 Å². The van der Waals surface area contributed by atoms with Crippen LogP contribution in [0.15, 0.2) is 18.2 Å². The summed E-state index contributed by atoms with van der Waals surface area (Å²) in [5.41, 5.74) is 0.424. The minimum atomic E-state index is -1.32. The molecule has 0 heterocycles. The first-order chi connectivity index (χ1) is 7.17. The van der Waals surface area contributed by atoms with Crippen LogP contribution in [-0.2, 0) is 4.79 Å². The molecule has 5 nitrogen and oxygen atoms in total. The summed E-state index contributed by atoms with van der Waals surface area (Å²) in [5, 5.41) is 10.2. The molecule has 80 valence electrons. The molecule has 0 aromatic heterocycles. The lowest BCUT2D eigenvalue weighted by atomic mass is 10.2. The molecule has 0 aliphatic heterocycles. The average molecular weight is 209 g/mol. The Morgan fingerprint density at radius 2 is 2.20 bits per heavy atom. The highest BCUT2D eigenvalue weighted by molar-refractivity contribution is 5.76. The Balaban J connectivity index is 2.87. The van der Waals surface area contributed by atoms with Crippen LogP contribution in [0.4, 0.5) is 0 Å². The highest BCUT2D eigenvalue weighted by Crippen LogP contribution is 2.27. The number of carbonyl (C=O) groups excluding carboxylic acids is 2. The van der Waals surface area contributed by atoms with Gasteiger partial charge in [-0.1, -0.05) is 0 Å². The maximum absolute atomic E-state index is 10.5.